The summed E-state index contributed by atoms with van der Waals surface area (Å²) in [4.78, 5) is 17.1. The SMILES string of the molecule is CCCCCCCCN=C1CCC2CC3CCC(=O)C3C12. The van der Waals surface area contributed by atoms with Gasteiger partial charge >= 0.3 is 0 Å². The predicted octanol–water partition coefficient (Wildman–Crippen LogP) is 4.81. The molecule has 3 saturated carbocycles. The fourth-order valence-corrected chi connectivity index (χ4v) is 5.10. The van der Waals surface area contributed by atoms with E-state index < -0.39 is 0 Å². The number of carbonyl (C=O) groups is 1. The van der Waals surface area contributed by atoms with E-state index >= 15 is 0 Å². The number of carbonyl (C=O) groups excluding carboxylic acids is 1. The van der Waals surface area contributed by atoms with Gasteiger partial charge in [-0.05, 0) is 43.9 Å². The third kappa shape index (κ3) is 3.24. The van der Waals surface area contributed by atoms with Gasteiger partial charge in [-0.25, -0.2) is 0 Å². The number of nitrogens with zero attached hydrogens (tertiary/aromatic N) is 1. The second-order valence-corrected chi connectivity index (χ2v) is 7.49. The van der Waals surface area contributed by atoms with E-state index in [-0.39, 0.29) is 0 Å². The van der Waals surface area contributed by atoms with Crippen molar-refractivity contribution in [2.45, 2.75) is 77.6 Å². The smallest absolute Gasteiger partial charge is 0.136 e. The molecule has 0 aliphatic heterocycles. The molecule has 0 heterocycles. The number of rotatable bonds is 7. The molecule has 3 aliphatic rings. The molecule has 2 heteroatoms. The Labute approximate surface area is 129 Å². The summed E-state index contributed by atoms with van der Waals surface area (Å²) >= 11 is 0. The summed E-state index contributed by atoms with van der Waals surface area (Å²) in [5.74, 6) is 3.01. The Balaban J connectivity index is 1.47. The lowest BCUT2D eigenvalue weighted by atomic mass is 9.87. The molecule has 21 heavy (non-hydrogen) atoms. The highest BCUT2D eigenvalue weighted by molar-refractivity contribution is 5.96. The minimum absolute atomic E-state index is 0.376. The molecule has 0 saturated heterocycles. The number of fused-ring (bicyclic) bond motifs is 3. The van der Waals surface area contributed by atoms with E-state index in [2.05, 4.69) is 6.92 Å². The molecule has 0 aromatic heterocycles. The molecule has 3 aliphatic carbocycles. The maximum Gasteiger partial charge on any atom is 0.136 e. The molecule has 0 N–H and O–H groups in total. The normalized spacial score (nSPS) is 36.4. The van der Waals surface area contributed by atoms with E-state index in [1.54, 1.807) is 0 Å². The Hall–Kier alpha value is -0.660. The summed E-state index contributed by atoms with van der Waals surface area (Å²) < 4.78 is 0. The predicted molar refractivity (Wildman–Crippen MR) is 87.7 cm³/mol. The Morgan fingerprint density at radius 3 is 2.52 bits per heavy atom. The molecule has 118 valence electrons. The van der Waals surface area contributed by atoms with Crippen molar-refractivity contribution in [2.24, 2.45) is 28.7 Å². The second kappa shape index (κ2) is 7.07. The van der Waals surface area contributed by atoms with Crippen LogP contribution >= 0.6 is 0 Å². The van der Waals surface area contributed by atoms with Gasteiger partial charge in [0.05, 0.1) is 0 Å². The summed E-state index contributed by atoms with van der Waals surface area (Å²) in [6, 6.07) is 0. The molecule has 0 aromatic carbocycles. The van der Waals surface area contributed by atoms with Crippen LogP contribution in [0.5, 0.6) is 0 Å². The third-order valence-electron chi connectivity index (χ3n) is 6.12. The first-order valence-corrected chi connectivity index (χ1v) is 9.37. The summed E-state index contributed by atoms with van der Waals surface area (Å²) in [6.45, 7) is 3.28. The standard InChI is InChI=1S/C19H31NO/c1-2-3-4-5-6-7-12-20-16-10-8-14-13-15-9-11-17(21)19(15)18(14)16/h14-15,18-19H,2-13H2,1H3. The van der Waals surface area contributed by atoms with Gasteiger partial charge in [0.15, 0.2) is 0 Å². The third-order valence-corrected chi connectivity index (χ3v) is 6.12. The van der Waals surface area contributed by atoms with Crippen molar-refractivity contribution >= 4 is 11.5 Å². The number of Topliss-reactive ketones (excluding diaryl/α,β-unsaturated/α-hetero) is 1. The summed E-state index contributed by atoms with van der Waals surface area (Å²) in [6.07, 6.45) is 13.8. The van der Waals surface area contributed by atoms with Crippen LogP contribution < -0.4 is 0 Å². The number of hydrogen-bond donors (Lipinski definition) is 0. The first-order valence-electron chi connectivity index (χ1n) is 9.37. The molecule has 0 spiro atoms. The van der Waals surface area contributed by atoms with Crippen molar-refractivity contribution in [2.75, 3.05) is 6.54 Å². The molecule has 4 atom stereocenters. The lowest BCUT2D eigenvalue weighted by molar-refractivity contribution is -0.121. The lowest BCUT2D eigenvalue weighted by Crippen LogP contribution is -2.24. The number of ketones is 1. The highest BCUT2D eigenvalue weighted by Gasteiger charge is 2.53. The van der Waals surface area contributed by atoms with Crippen molar-refractivity contribution in [3.8, 4) is 0 Å². The largest absolute Gasteiger partial charge is 0.299 e. The van der Waals surface area contributed by atoms with Crippen LogP contribution in [0.15, 0.2) is 4.99 Å². The van der Waals surface area contributed by atoms with Gasteiger partial charge < -0.3 is 0 Å². The fraction of sp³-hybridized carbons (Fsp3) is 0.895. The second-order valence-electron chi connectivity index (χ2n) is 7.49. The zero-order chi connectivity index (χ0) is 14.7. The molecule has 2 nitrogen and oxygen atoms in total. The Morgan fingerprint density at radius 1 is 0.952 bits per heavy atom. The van der Waals surface area contributed by atoms with Gasteiger partial charge in [-0.1, -0.05) is 39.0 Å². The minimum Gasteiger partial charge on any atom is -0.299 e. The van der Waals surface area contributed by atoms with Crippen LogP contribution in [0.4, 0.5) is 0 Å². The van der Waals surface area contributed by atoms with E-state index in [1.807, 2.05) is 0 Å². The zero-order valence-electron chi connectivity index (χ0n) is 13.7. The van der Waals surface area contributed by atoms with Gasteiger partial charge in [-0.15, -0.1) is 0 Å². The van der Waals surface area contributed by atoms with Crippen molar-refractivity contribution in [1.82, 2.24) is 0 Å². The summed E-state index contributed by atoms with van der Waals surface area (Å²) in [5.41, 5.74) is 1.43. The van der Waals surface area contributed by atoms with Crippen molar-refractivity contribution in [3.05, 3.63) is 0 Å². The monoisotopic (exact) mass is 289 g/mol. The topological polar surface area (TPSA) is 29.4 Å². The zero-order valence-corrected chi connectivity index (χ0v) is 13.7. The van der Waals surface area contributed by atoms with E-state index in [0.29, 0.717) is 23.5 Å². The maximum atomic E-state index is 12.2. The van der Waals surface area contributed by atoms with Crippen LogP contribution in [-0.4, -0.2) is 18.0 Å². The molecular weight excluding hydrogens is 258 g/mol. The fourth-order valence-electron chi connectivity index (χ4n) is 5.10. The average molecular weight is 289 g/mol. The average Bonchev–Trinajstić information content (AvgIpc) is 3.12. The Bertz CT molecular complexity index is 400. The van der Waals surface area contributed by atoms with Crippen LogP contribution in [0.2, 0.25) is 0 Å². The maximum absolute atomic E-state index is 12.2. The van der Waals surface area contributed by atoms with Gasteiger partial charge in [-0.3, -0.25) is 9.79 Å². The van der Waals surface area contributed by atoms with Crippen LogP contribution in [0.3, 0.4) is 0 Å². The van der Waals surface area contributed by atoms with Gasteiger partial charge in [0, 0.05) is 30.5 Å². The van der Waals surface area contributed by atoms with E-state index in [1.165, 1.54) is 69.9 Å². The van der Waals surface area contributed by atoms with Crippen molar-refractivity contribution in [3.63, 3.8) is 0 Å². The van der Waals surface area contributed by atoms with Crippen LogP contribution in [0, 0.1) is 23.7 Å². The molecule has 0 radical (unpaired) electrons. The van der Waals surface area contributed by atoms with Crippen molar-refractivity contribution < 1.29 is 4.79 Å². The summed E-state index contributed by atoms with van der Waals surface area (Å²) in [5, 5.41) is 0. The van der Waals surface area contributed by atoms with Gasteiger partial charge in [0.1, 0.15) is 5.78 Å². The molecule has 3 rings (SSSR count). The first-order chi connectivity index (χ1) is 10.3. The molecule has 4 unspecified atom stereocenters. The van der Waals surface area contributed by atoms with Crippen LogP contribution in [0.25, 0.3) is 0 Å². The highest BCUT2D eigenvalue weighted by Crippen LogP contribution is 2.54. The molecular formula is C19H31NO. The highest BCUT2D eigenvalue weighted by atomic mass is 16.1. The van der Waals surface area contributed by atoms with Crippen LogP contribution in [-0.2, 0) is 4.79 Å². The van der Waals surface area contributed by atoms with Gasteiger partial charge in [-0.2, -0.15) is 0 Å². The number of aliphatic imine (C=N–C) groups is 1. The molecule has 3 fully saturated rings. The van der Waals surface area contributed by atoms with Gasteiger partial charge in [0.2, 0.25) is 0 Å². The van der Waals surface area contributed by atoms with Gasteiger partial charge in [0.25, 0.3) is 0 Å². The molecule has 0 bridgehead atoms. The Kier molecular flexibility index (Phi) is 5.13. The van der Waals surface area contributed by atoms with E-state index in [0.717, 1.165) is 18.9 Å². The summed E-state index contributed by atoms with van der Waals surface area (Å²) in [7, 11) is 0. The first kappa shape index (κ1) is 15.2. The minimum atomic E-state index is 0.376. The number of unbranched alkanes of at least 4 members (excludes halogenated alkanes) is 5. The van der Waals surface area contributed by atoms with E-state index in [4.69, 9.17) is 4.99 Å². The van der Waals surface area contributed by atoms with Crippen LogP contribution in [0.1, 0.15) is 77.6 Å². The lowest BCUT2D eigenvalue weighted by Gasteiger charge is -2.17. The quantitative estimate of drug-likeness (QED) is 0.618. The number of hydrogen-bond acceptors (Lipinski definition) is 2. The molecule has 0 aromatic rings. The van der Waals surface area contributed by atoms with E-state index in [9.17, 15) is 4.79 Å². The Morgan fingerprint density at radius 2 is 1.67 bits per heavy atom. The molecule has 0 amide bonds. The van der Waals surface area contributed by atoms with Crippen molar-refractivity contribution in [1.29, 1.82) is 0 Å².